The molecule has 0 saturated carbocycles. The molecule has 0 spiro atoms. The van der Waals surface area contributed by atoms with Crippen LogP contribution in [-0.2, 0) is 26.3 Å². The van der Waals surface area contributed by atoms with Gasteiger partial charge in [-0.15, -0.1) is 0 Å². The van der Waals surface area contributed by atoms with Crippen LogP contribution >= 0.6 is 15.9 Å². The molecule has 0 aliphatic carbocycles. The number of hydrogen-bond acceptors (Lipinski definition) is 4. The number of amides is 2. The number of halogens is 2. The van der Waals surface area contributed by atoms with Gasteiger partial charge in [-0.25, -0.2) is 8.70 Å². The fourth-order valence-electron chi connectivity index (χ4n) is 3.24. The van der Waals surface area contributed by atoms with Crippen molar-refractivity contribution in [1.82, 2.24) is 14.5 Å². The summed E-state index contributed by atoms with van der Waals surface area (Å²) in [7, 11) is -1.62. The largest absolute Gasteiger partial charge is 0.352 e. The predicted molar refractivity (Wildman–Crippen MR) is 138 cm³/mol. The number of nitrogens with one attached hydrogen (secondary N) is 1. The number of rotatable bonds is 11. The lowest BCUT2D eigenvalue weighted by Crippen LogP contribution is -2.53. The van der Waals surface area contributed by atoms with Crippen LogP contribution in [0.1, 0.15) is 32.8 Å². The Morgan fingerprint density at radius 1 is 1.09 bits per heavy atom. The SMILES string of the molecule is CCC(C)NC(=O)C(C)N(Cc1cccc(Br)c1)C(=O)CN(c1ccccc1F)S(=O)(=O)N(C)C. The number of hydrogen-bond donors (Lipinski definition) is 1. The first-order chi connectivity index (χ1) is 16.4. The van der Waals surface area contributed by atoms with Crippen LogP contribution in [0.15, 0.2) is 53.0 Å². The van der Waals surface area contributed by atoms with E-state index in [2.05, 4.69) is 21.2 Å². The van der Waals surface area contributed by atoms with Gasteiger partial charge in [-0.1, -0.05) is 47.1 Å². The fourth-order valence-corrected chi connectivity index (χ4v) is 4.75. The second kappa shape index (κ2) is 12.5. The van der Waals surface area contributed by atoms with E-state index in [1.807, 2.05) is 26.0 Å². The van der Waals surface area contributed by atoms with Crippen LogP contribution in [0.5, 0.6) is 0 Å². The summed E-state index contributed by atoms with van der Waals surface area (Å²) in [6.07, 6.45) is 0.709. The van der Waals surface area contributed by atoms with Gasteiger partial charge in [0.1, 0.15) is 18.4 Å². The van der Waals surface area contributed by atoms with Gasteiger partial charge in [-0.05, 0) is 50.1 Å². The molecule has 0 aliphatic heterocycles. The number of anilines is 1. The highest BCUT2D eigenvalue weighted by atomic mass is 79.9. The van der Waals surface area contributed by atoms with E-state index in [0.29, 0.717) is 6.42 Å². The molecule has 2 amide bonds. The van der Waals surface area contributed by atoms with Gasteiger partial charge < -0.3 is 10.2 Å². The molecule has 2 aromatic rings. The number of para-hydroxylation sites is 1. The maximum Gasteiger partial charge on any atom is 0.304 e. The molecule has 35 heavy (non-hydrogen) atoms. The Hall–Kier alpha value is -2.50. The van der Waals surface area contributed by atoms with Crippen LogP contribution in [0, 0.1) is 5.82 Å². The molecular formula is C24H32BrFN4O4S. The molecule has 0 aliphatic rings. The van der Waals surface area contributed by atoms with Gasteiger partial charge in [0.2, 0.25) is 11.8 Å². The minimum Gasteiger partial charge on any atom is -0.352 e. The smallest absolute Gasteiger partial charge is 0.304 e. The molecule has 0 saturated heterocycles. The summed E-state index contributed by atoms with van der Waals surface area (Å²) in [5.41, 5.74) is 0.484. The van der Waals surface area contributed by atoms with E-state index in [9.17, 15) is 22.4 Å². The summed E-state index contributed by atoms with van der Waals surface area (Å²) in [5.74, 6) is -1.80. The first-order valence-electron chi connectivity index (χ1n) is 11.2. The molecule has 0 aromatic heterocycles. The van der Waals surface area contributed by atoms with Crippen molar-refractivity contribution in [3.63, 3.8) is 0 Å². The van der Waals surface area contributed by atoms with Crippen LogP contribution < -0.4 is 9.62 Å². The van der Waals surface area contributed by atoms with Crippen molar-refractivity contribution in [3.8, 4) is 0 Å². The molecule has 0 bridgehead atoms. The number of nitrogens with zero attached hydrogens (tertiary/aromatic N) is 3. The van der Waals surface area contributed by atoms with E-state index in [0.717, 1.165) is 24.7 Å². The average Bonchev–Trinajstić information content (AvgIpc) is 2.80. The molecule has 8 nitrogen and oxygen atoms in total. The lowest BCUT2D eigenvalue weighted by atomic mass is 10.1. The maximum atomic E-state index is 14.6. The van der Waals surface area contributed by atoms with E-state index >= 15 is 0 Å². The van der Waals surface area contributed by atoms with Crippen LogP contribution in [0.25, 0.3) is 0 Å². The summed E-state index contributed by atoms with van der Waals surface area (Å²) < 4.78 is 43.2. The Labute approximate surface area is 215 Å². The first kappa shape index (κ1) is 28.7. The summed E-state index contributed by atoms with van der Waals surface area (Å²) in [6, 6.07) is 11.6. The Morgan fingerprint density at radius 3 is 2.31 bits per heavy atom. The van der Waals surface area contributed by atoms with Crippen LogP contribution in [0.2, 0.25) is 0 Å². The average molecular weight is 572 g/mol. The van der Waals surface area contributed by atoms with Gasteiger partial charge >= 0.3 is 10.2 Å². The summed E-state index contributed by atoms with van der Waals surface area (Å²) in [4.78, 5) is 27.8. The first-order valence-corrected chi connectivity index (χ1v) is 13.4. The van der Waals surface area contributed by atoms with Gasteiger partial charge in [0, 0.05) is 31.2 Å². The summed E-state index contributed by atoms with van der Waals surface area (Å²) in [5, 5.41) is 2.86. The molecular weight excluding hydrogens is 539 g/mol. The summed E-state index contributed by atoms with van der Waals surface area (Å²) in [6.45, 7) is 4.74. The third-order valence-electron chi connectivity index (χ3n) is 5.55. The number of carbonyl (C=O) groups excluding carboxylic acids is 2. The Bertz CT molecular complexity index is 1150. The fraction of sp³-hybridized carbons (Fsp3) is 0.417. The van der Waals surface area contributed by atoms with Crippen molar-refractivity contribution in [2.45, 2.75) is 45.8 Å². The molecule has 2 unspecified atom stereocenters. The molecule has 2 atom stereocenters. The minimum absolute atomic E-state index is 0.0560. The normalized spacial score (nSPS) is 13.3. The molecule has 11 heteroatoms. The Morgan fingerprint density at radius 2 is 1.74 bits per heavy atom. The molecule has 2 rings (SSSR count). The molecule has 192 valence electrons. The topological polar surface area (TPSA) is 90.0 Å². The van der Waals surface area contributed by atoms with Gasteiger partial charge in [-0.3, -0.25) is 9.59 Å². The van der Waals surface area contributed by atoms with Gasteiger partial charge in [0.05, 0.1) is 5.69 Å². The molecule has 0 radical (unpaired) electrons. The quantitative estimate of drug-likeness (QED) is 0.447. The van der Waals surface area contributed by atoms with E-state index in [4.69, 9.17) is 0 Å². The standard InChI is InChI=1S/C24H32BrFN4O4S/c1-6-17(2)27-24(32)18(3)29(15-19-10-9-11-20(25)14-19)23(31)16-30(35(33,34)28(4)5)22-13-8-7-12-21(22)26/h7-14,17-18H,6,15-16H2,1-5H3,(H,27,32). The number of benzene rings is 2. The minimum atomic E-state index is -4.22. The Balaban J connectivity index is 2.47. The maximum absolute atomic E-state index is 14.6. The monoisotopic (exact) mass is 570 g/mol. The second-order valence-electron chi connectivity index (χ2n) is 8.39. The highest BCUT2D eigenvalue weighted by molar-refractivity contribution is 9.10. The van der Waals surface area contributed by atoms with E-state index in [1.54, 1.807) is 19.1 Å². The van der Waals surface area contributed by atoms with Crippen molar-refractivity contribution < 1.29 is 22.4 Å². The third-order valence-corrected chi connectivity index (χ3v) is 7.85. The van der Waals surface area contributed by atoms with Crippen molar-refractivity contribution in [2.75, 3.05) is 24.9 Å². The van der Waals surface area contributed by atoms with Gasteiger partial charge in [0.15, 0.2) is 0 Å². The third kappa shape index (κ3) is 7.49. The lowest BCUT2D eigenvalue weighted by molar-refractivity contribution is -0.139. The van der Waals surface area contributed by atoms with E-state index in [1.165, 1.54) is 37.2 Å². The van der Waals surface area contributed by atoms with Crippen molar-refractivity contribution in [2.24, 2.45) is 0 Å². The molecule has 0 fully saturated rings. The Kier molecular flexibility index (Phi) is 10.2. The molecule has 0 heterocycles. The molecule has 1 N–H and O–H groups in total. The van der Waals surface area contributed by atoms with Crippen molar-refractivity contribution in [3.05, 3.63) is 64.4 Å². The molecule has 2 aromatic carbocycles. The predicted octanol–water partition coefficient (Wildman–Crippen LogP) is 3.53. The highest BCUT2D eigenvalue weighted by Crippen LogP contribution is 2.24. The lowest BCUT2D eigenvalue weighted by Gasteiger charge is -2.33. The van der Waals surface area contributed by atoms with Gasteiger partial charge in [-0.2, -0.15) is 12.7 Å². The zero-order valence-corrected chi connectivity index (χ0v) is 22.9. The second-order valence-corrected chi connectivity index (χ2v) is 11.4. The zero-order chi connectivity index (χ0) is 26.3. The van der Waals surface area contributed by atoms with Crippen LogP contribution in [0.4, 0.5) is 10.1 Å². The summed E-state index contributed by atoms with van der Waals surface area (Å²) >= 11 is 3.40. The van der Waals surface area contributed by atoms with Crippen molar-refractivity contribution >= 4 is 43.6 Å². The van der Waals surface area contributed by atoms with Crippen LogP contribution in [0.3, 0.4) is 0 Å². The van der Waals surface area contributed by atoms with Crippen molar-refractivity contribution in [1.29, 1.82) is 0 Å². The van der Waals surface area contributed by atoms with E-state index < -0.39 is 34.5 Å². The highest BCUT2D eigenvalue weighted by Gasteiger charge is 2.33. The van der Waals surface area contributed by atoms with E-state index in [-0.39, 0.29) is 24.2 Å². The zero-order valence-electron chi connectivity index (χ0n) is 20.5. The van der Waals surface area contributed by atoms with Crippen LogP contribution in [-0.4, -0.2) is 62.2 Å². The number of carbonyl (C=O) groups is 2. The van der Waals surface area contributed by atoms with Gasteiger partial charge in [0.25, 0.3) is 0 Å².